The summed E-state index contributed by atoms with van der Waals surface area (Å²) in [5, 5.41) is 0. The van der Waals surface area contributed by atoms with Crippen LogP contribution in [0.15, 0.2) is 11.3 Å². The fourth-order valence-corrected chi connectivity index (χ4v) is 1.29. The molecule has 0 amide bonds. The van der Waals surface area contributed by atoms with Gasteiger partial charge in [0, 0.05) is 7.05 Å². The summed E-state index contributed by atoms with van der Waals surface area (Å²) in [5.41, 5.74) is 11.8. The highest BCUT2D eigenvalue weighted by Crippen LogP contribution is 2.18. The van der Waals surface area contributed by atoms with Crippen molar-refractivity contribution in [1.29, 1.82) is 0 Å². The van der Waals surface area contributed by atoms with Crippen LogP contribution >= 0.6 is 22.6 Å². The van der Waals surface area contributed by atoms with E-state index in [1.807, 2.05) is 22.6 Å². The molecule has 0 fully saturated rings. The number of anilines is 2. The first-order chi connectivity index (χ1) is 5.66. The van der Waals surface area contributed by atoms with Crippen LogP contribution in [0.3, 0.4) is 0 Å². The molecule has 0 aliphatic heterocycles. The maximum absolute atomic E-state index is 5.58. The van der Waals surface area contributed by atoms with Gasteiger partial charge in [0.05, 0.1) is 5.56 Å². The number of rotatable bonds is 1. The lowest BCUT2D eigenvalue weighted by atomic mass is 10.3. The lowest BCUT2D eigenvalue weighted by molar-refractivity contribution is 1.18. The molecule has 4 N–H and O–H groups in total. The van der Waals surface area contributed by atoms with E-state index in [2.05, 4.69) is 15.0 Å². The molecule has 0 saturated heterocycles. The van der Waals surface area contributed by atoms with E-state index >= 15 is 0 Å². The minimum Gasteiger partial charge on any atom is -0.383 e. The molecule has 0 aliphatic carbocycles. The van der Waals surface area contributed by atoms with Crippen molar-refractivity contribution in [3.63, 3.8) is 0 Å². The molecule has 5 nitrogen and oxygen atoms in total. The molecule has 0 atom stereocenters. The van der Waals surface area contributed by atoms with Gasteiger partial charge < -0.3 is 11.5 Å². The molecule has 64 valence electrons. The normalized spacial score (nSPS) is 11.7. The fourth-order valence-electron chi connectivity index (χ4n) is 0.737. The number of nitrogens with zero attached hydrogens (tertiary/aromatic N) is 3. The Morgan fingerprint density at radius 1 is 1.42 bits per heavy atom. The first-order valence-corrected chi connectivity index (χ1v) is 4.23. The van der Waals surface area contributed by atoms with Gasteiger partial charge in [-0.3, -0.25) is 4.99 Å². The van der Waals surface area contributed by atoms with E-state index in [4.69, 9.17) is 11.5 Å². The quantitative estimate of drug-likeness (QED) is 0.576. The van der Waals surface area contributed by atoms with Crippen molar-refractivity contribution in [3.8, 4) is 0 Å². The van der Waals surface area contributed by atoms with Crippen LogP contribution in [0.25, 0.3) is 0 Å². The van der Waals surface area contributed by atoms with Crippen molar-refractivity contribution in [3.05, 3.63) is 11.9 Å². The van der Waals surface area contributed by atoms with Crippen LogP contribution in [0.2, 0.25) is 0 Å². The van der Waals surface area contributed by atoms with Crippen LogP contribution in [0, 0.1) is 0 Å². The van der Waals surface area contributed by atoms with Crippen LogP contribution in [-0.2, 0) is 0 Å². The second-order valence-electron chi connectivity index (χ2n) is 2.03. The Labute approximate surface area is 83.4 Å². The molecule has 0 radical (unpaired) electrons. The maximum atomic E-state index is 5.58. The Morgan fingerprint density at radius 2 is 1.92 bits per heavy atom. The summed E-state index contributed by atoms with van der Waals surface area (Å²) in [6, 6.07) is 0. The van der Waals surface area contributed by atoms with Gasteiger partial charge in [-0.15, -0.1) is 0 Å². The molecule has 1 aromatic heterocycles. The van der Waals surface area contributed by atoms with Gasteiger partial charge >= 0.3 is 0 Å². The third-order valence-corrected chi connectivity index (χ3v) is 2.33. The van der Waals surface area contributed by atoms with Gasteiger partial charge in [0.25, 0.3) is 0 Å². The summed E-state index contributed by atoms with van der Waals surface area (Å²) in [7, 11) is 1.66. The van der Waals surface area contributed by atoms with E-state index < -0.39 is 0 Å². The third-order valence-electron chi connectivity index (χ3n) is 1.31. The fraction of sp³-hybridized carbons (Fsp3) is 0.167. The average Bonchev–Trinajstić information content (AvgIpc) is 2.03. The smallest absolute Gasteiger partial charge is 0.138 e. The van der Waals surface area contributed by atoms with Gasteiger partial charge in [-0.05, 0) is 22.6 Å². The highest BCUT2D eigenvalue weighted by Gasteiger charge is 2.09. The number of aliphatic imine (C=N–C) groups is 1. The summed E-state index contributed by atoms with van der Waals surface area (Å²) in [6.07, 6.45) is 1.33. The summed E-state index contributed by atoms with van der Waals surface area (Å²) in [4.78, 5) is 11.6. The summed E-state index contributed by atoms with van der Waals surface area (Å²) < 4.78 is 0.711. The highest BCUT2D eigenvalue weighted by molar-refractivity contribution is 14.1. The predicted octanol–water partition coefficient (Wildman–Crippen LogP) is 0.452. The lowest BCUT2D eigenvalue weighted by Crippen LogP contribution is -2.07. The van der Waals surface area contributed by atoms with Crippen molar-refractivity contribution < 1.29 is 0 Å². The van der Waals surface area contributed by atoms with E-state index in [0.717, 1.165) is 0 Å². The molecule has 1 rings (SSSR count). The molecular formula is C6H8IN5. The van der Waals surface area contributed by atoms with Gasteiger partial charge in [0.15, 0.2) is 0 Å². The third kappa shape index (κ3) is 1.63. The molecule has 0 spiro atoms. The SMILES string of the molecule is C/N=C(/I)c1c(N)ncnc1N. The Bertz CT molecular complexity index is 301. The highest BCUT2D eigenvalue weighted by atomic mass is 127. The van der Waals surface area contributed by atoms with Crippen LogP contribution in [0.5, 0.6) is 0 Å². The van der Waals surface area contributed by atoms with Crippen LogP contribution < -0.4 is 11.5 Å². The second kappa shape index (κ2) is 3.65. The van der Waals surface area contributed by atoms with Gasteiger partial charge in [0.2, 0.25) is 0 Å². The van der Waals surface area contributed by atoms with Crippen LogP contribution in [0.1, 0.15) is 5.56 Å². The number of halogens is 1. The minimum absolute atomic E-state index is 0.359. The lowest BCUT2D eigenvalue weighted by Gasteiger charge is -2.03. The van der Waals surface area contributed by atoms with Gasteiger partial charge in [0.1, 0.15) is 21.7 Å². The first kappa shape index (κ1) is 9.17. The monoisotopic (exact) mass is 277 g/mol. The van der Waals surface area contributed by atoms with E-state index in [9.17, 15) is 0 Å². The van der Waals surface area contributed by atoms with E-state index in [0.29, 0.717) is 20.9 Å². The Morgan fingerprint density at radius 3 is 2.33 bits per heavy atom. The number of nitrogen functional groups attached to an aromatic ring is 2. The maximum Gasteiger partial charge on any atom is 0.138 e. The van der Waals surface area contributed by atoms with Gasteiger partial charge in [-0.25, -0.2) is 9.97 Å². The zero-order valence-corrected chi connectivity index (χ0v) is 8.61. The molecular weight excluding hydrogens is 269 g/mol. The average molecular weight is 277 g/mol. The second-order valence-corrected chi connectivity index (χ2v) is 3.06. The standard InChI is InChI=1S/C6H8IN5/c1-10-4(7)3-5(8)11-2-12-6(3)9/h2H,1H3,(H4,8,9,11,12)/b10-4+. The number of hydrogen-bond acceptors (Lipinski definition) is 5. The molecule has 0 unspecified atom stereocenters. The van der Waals surface area contributed by atoms with Crippen molar-refractivity contribution in [2.75, 3.05) is 18.5 Å². The van der Waals surface area contributed by atoms with Crippen LogP contribution in [-0.4, -0.2) is 20.7 Å². The zero-order chi connectivity index (χ0) is 9.14. The molecule has 6 heteroatoms. The summed E-state index contributed by atoms with van der Waals surface area (Å²) >= 11 is 2.03. The molecule has 12 heavy (non-hydrogen) atoms. The molecule has 0 aliphatic rings. The number of aromatic nitrogens is 2. The van der Waals surface area contributed by atoms with Crippen molar-refractivity contribution in [1.82, 2.24) is 9.97 Å². The van der Waals surface area contributed by atoms with Gasteiger partial charge in [-0.1, -0.05) is 0 Å². The van der Waals surface area contributed by atoms with Crippen molar-refractivity contribution in [2.45, 2.75) is 0 Å². The minimum atomic E-state index is 0.359. The van der Waals surface area contributed by atoms with Crippen molar-refractivity contribution in [2.24, 2.45) is 4.99 Å². The summed E-state index contributed by atoms with van der Waals surface area (Å²) in [5.74, 6) is 0.718. The Hall–Kier alpha value is -0.920. The van der Waals surface area contributed by atoms with E-state index in [-0.39, 0.29) is 0 Å². The topological polar surface area (TPSA) is 90.2 Å². The van der Waals surface area contributed by atoms with E-state index in [1.165, 1.54) is 6.33 Å². The zero-order valence-electron chi connectivity index (χ0n) is 6.45. The first-order valence-electron chi connectivity index (χ1n) is 3.15. The molecule has 0 bridgehead atoms. The van der Waals surface area contributed by atoms with Crippen LogP contribution in [0.4, 0.5) is 11.6 Å². The summed E-state index contributed by atoms with van der Waals surface area (Å²) in [6.45, 7) is 0. The van der Waals surface area contributed by atoms with Gasteiger partial charge in [-0.2, -0.15) is 0 Å². The Kier molecular flexibility index (Phi) is 2.79. The number of nitrogens with two attached hydrogens (primary N) is 2. The molecule has 0 aromatic carbocycles. The Balaban J connectivity index is 3.31. The predicted molar refractivity (Wildman–Crippen MR) is 57.3 cm³/mol. The molecule has 0 saturated carbocycles. The molecule has 1 heterocycles. The number of hydrogen-bond donors (Lipinski definition) is 2. The largest absolute Gasteiger partial charge is 0.383 e. The van der Waals surface area contributed by atoms with E-state index in [1.54, 1.807) is 7.05 Å². The molecule has 1 aromatic rings. The van der Waals surface area contributed by atoms with Crippen molar-refractivity contribution >= 4 is 37.9 Å².